The number of rotatable bonds is 6. The second-order valence-corrected chi connectivity index (χ2v) is 8.73. The Hall–Kier alpha value is -2.92. The molecule has 1 unspecified atom stereocenters. The molecule has 3 aromatic rings. The minimum Gasteiger partial charge on any atom is -0.343 e. The highest BCUT2D eigenvalue weighted by molar-refractivity contribution is 7.10. The molecule has 0 spiro atoms. The molecule has 154 valence electrons. The van der Waals surface area contributed by atoms with Gasteiger partial charge < -0.3 is 10.6 Å². The highest BCUT2D eigenvalue weighted by atomic mass is 32.1. The van der Waals surface area contributed by atoms with Crippen LogP contribution in [0.3, 0.4) is 0 Å². The summed E-state index contributed by atoms with van der Waals surface area (Å²) in [6, 6.07) is 17.8. The smallest absolute Gasteiger partial charge is 0.251 e. The predicted octanol–water partition coefficient (Wildman–Crippen LogP) is 4.57. The second-order valence-electron chi connectivity index (χ2n) is 7.75. The molecule has 1 aromatic heterocycles. The maximum atomic E-state index is 12.7. The van der Waals surface area contributed by atoms with E-state index >= 15 is 0 Å². The van der Waals surface area contributed by atoms with Crippen LogP contribution in [0, 0.1) is 6.92 Å². The van der Waals surface area contributed by atoms with Gasteiger partial charge in [-0.05, 0) is 72.4 Å². The van der Waals surface area contributed by atoms with Gasteiger partial charge in [0.2, 0.25) is 5.91 Å². The van der Waals surface area contributed by atoms with Gasteiger partial charge in [-0.15, -0.1) is 11.3 Å². The molecule has 0 bridgehead atoms. The van der Waals surface area contributed by atoms with Gasteiger partial charge in [0.15, 0.2) is 0 Å². The number of amides is 2. The molecule has 0 fully saturated rings. The molecule has 4 nitrogen and oxygen atoms in total. The van der Waals surface area contributed by atoms with E-state index in [1.807, 2.05) is 42.6 Å². The number of thiophene rings is 1. The van der Waals surface area contributed by atoms with Crippen molar-refractivity contribution in [1.29, 1.82) is 0 Å². The van der Waals surface area contributed by atoms with E-state index in [4.69, 9.17) is 0 Å². The summed E-state index contributed by atoms with van der Waals surface area (Å²) in [5.74, 6) is -0.433. The van der Waals surface area contributed by atoms with Crippen LogP contribution in [-0.2, 0) is 17.6 Å². The number of benzene rings is 2. The number of fused-ring (bicyclic) bond motifs is 1. The zero-order valence-corrected chi connectivity index (χ0v) is 17.9. The summed E-state index contributed by atoms with van der Waals surface area (Å²) in [5, 5.41) is 7.89. The van der Waals surface area contributed by atoms with Gasteiger partial charge in [0.1, 0.15) is 0 Å². The summed E-state index contributed by atoms with van der Waals surface area (Å²) in [6.07, 6.45) is 4.70. The lowest BCUT2D eigenvalue weighted by Crippen LogP contribution is -2.39. The molecular weight excluding hydrogens is 392 g/mol. The van der Waals surface area contributed by atoms with E-state index in [1.165, 1.54) is 24.0 Å². The maximum Gasteiger partial charge on any atom is 0.251 e. The van der Waals surface area contributed by atoms with Crippen molar-refractivity contribution >= 4 is 23.2 Å². The van der Waals surface area contributed by atoms with E-state index in [2.05, 4.69) is 28.8 Å². The van der Waals surface area contributed by atoms with Crippen LogP contribution in [0.15, 0.2) is 60.0 Å². The van der Waals surface area contributed by atoms with Crippen LogP contribution in [0.4, 0.5) is 0 Å². The summed E-state index contributed by atoms with van der Waals surface area (Å²) < 4.78 is 0. The Morgan fingerprint density at radius 1 is 1.00 bits per heavy atom. The molecule has 2 aromatic carbocycles. The zero-order valence-electron chi connectivity index (χ0n) is 17.1. The van der Waals surface area contributed by atoms with Crippen LogP contribution in [0.5, 0.6) is 0 Å². The lowest BCUT2D eigenvalue weighted by Gasteiger charge is -2.22. The van der Waals surface area contributed by atoms with E-state index < -0.39 is 0 Å². The minimum absolute atomic E-state index is 0.0556. The first-order chi connectivity index (χ1) is 14.6. The van der Waals surface area contributed by atoms with Crippen molar-refractivity contribution in [2.75, 3.05) is 6.54 Å². The average Bonchev–Trinajstić information content (AvgIpc) is 3.30. The first-order valence-corrected chi connectivity index (χ1v) is 11.3. The van der Waals surface area contributed by atoms with Crippen LogP contribution in [0.25, 0.3) is 0 Å². The minimum atomic E-state index is -0.232. The number of carbonyl (C=O) groups is 2. The summed E-state index contributed by atoms with van der Waals surface area (Å²) in [4.78, 5) is 26.2. The van der Waals surface area contributed by atoms with Crippen molar-refractivity contribution in [2.24, 2.45) is 0 Å². The fourth-order valence-electron chi connectivity index (χ4n) is 4.00. The fraction of sp³-hybridized carbons (Fsp3) is 0.280. The quantitative estimate of drug-likeness (QED) is 0.616. The topological polar surface area (TPSA) is 58.2 Å². The van der Waals surface area contributed by atoms with E-state index in [9.17, 15) is 9.59 Å². The van der Waals surface area contributed by atoms with E-state index in [0.29, 0.717) is 5.56 Å². The highest BCUT2D eigenvalue weighted by Gasteiger charge is 2.20. The van der Waals surface area contributed by atoms with Crippen LogP contribution < -0.4 is 10.6 Å². The molecule has 1 atom stereocenters. The third-order valence-electron chi connectivity index (χ3n) is 5.64. The molecule has 1 heterocycles. The Morgan fingerprint density at radius 2 is 1.80 bits per heavy atom. The maximum absolute atomic E-state index is 12.7. The Kier molecular flexibility index (Phi) is 6.29. The molecule has 1 aliphatic carbocycles. The van der Waals surface area contributed by atoms with Gasteiger partial charge >= 0.3 is 0 Å². The van der Waals surface area contributed by atoms with Gasteiger partial charge in [-0.3, -0.25) is 9.59 Å². The lowest BCUT2D eigenvalue weighted by atomic mass is 9.89. The number of hydrogen-bond donors (Lipinski definition) is 2. The van der Waals surface area contributed by atoms with Crippen molar-refractivity contribution in [3.05, 3.63) is 92.7 Å². The highest BCUT2D eigenvalue weighted by Crippen LogP contribution is 2.30. The average molecular weight is 419 g/mol. The number of aryl methyl sites for hydroxylation is 3. The van der Waals surface area contributed by atoms with Crippen LogP contribution in [0.1, 0.15) is 56.4 Å². The van der Waals surface area contributed by atoms with Crippen LogP contribution in [0.2, 0.25) is 0 Å². The predicted molar refractivity (Wildman–Crippen MR) is 121 cm³/mol. The van der Waals surface area contributed by atoms with Gasteiger partial charge in [-0.25, -0.2) is 0 Å². The van der Waals surface area contributed by atoms with Crippen LogP contribution >= 0.6 is 11.3 Å². The molecule has 4 rings (SSSR count). The summed E-state index contributed by atoms with van der Waals surface area (Å²) in [7, 11) is 0. The largest absolute Gasteiger partial charge is 0.343 e. The summed E-state index contributed by atoms with van der Waals surface area (Å²) >= 11 is 1.63. The molecule has 0 aliphatic heterocycles. The number of hydrogen-bond acceptors (Lipinski definition) is 3. The standard InChI is InChI=1S/C25H26N2O2S/c1-17-7-2-5-10-21(17)25(29)26-16-23(28)27-24(22-11-6-14-30-22)20-13-12-18-8-3-4-9-19(18)15-20/h2,5-7,10-15,24H,3-4,8-9,16H2,1H3,(H,26,29)(H,27,28). The van der Waals surface area contributed by atoms with Gasteiger partial charge in [-0.1, -0.05) is 42.5 Å². The molecule has 0 radical (unpaired) electrons. The number of nitrogens with one attached hydrogen (secondary N) is 2. The fourth-order valence-corrected chi connectivity index (χ4v) is 4.81. The Labute approximate surface area is 181 Å². The van der Waals surface area contributed by atoms with Crippen molar-refractivity contribution in [2.45, 2.75) is 38.6 Å². The molecule has 2 N–H and O–H groups in total. The molecule has 2 amide bonds. The first-order valence-electron chi connectivity index (χ1n) is 10.4. The lowest BCUT2D eigenvalue weighted by molar-refractivity contribution is -0.120. The molecule has 0 saturated carbocycles. The monoisotopic (exact) mass is 418 g/mol. The van der Waals surface area contributed by atoms with Gasteiger partial charge in [0.05, 0.1) is 12.6 Å². The third kappa shape index (κ3) is 4.62. The molecule has 30 heavy (non-hydrogen) atoms. The van der Waals surface area contributed by atoms with Gasteiger partial charge in [-0.2, -0.15) is 0 Å². The summed E-state index contributed by atoms with van der Waals surface area (Å²) in [6.45, 7) is 1.83. The third-order valence-corrected chi connectivity index (χ3v) is 6.58. The molecular formula is C25H26N2O2S. The molecule has 0 saturated heterocycles. The van der Waals surface area contributed by atoms with Gasteiger partial charge in [0, 0.05) is 10.4 Å². The first kappa shape index (κ1) is 20.4. The van der Waals surface area contributed by atoms with Crippen LogP contribution in [-0.4, -0.2) is 18.4 Å². The van der Waals surface area contributed by atoms with E-state index in [0.717, 1.165) is 28.8 Å². The zero-order chi connectivity index (χ0) is 20.9. The van der Waals surface area contributed by atoms with Crippen molar-refractivity contribution < 1.29 is 9.59 Å². The second kappa shape index (κ2) is 9.26. The SMILES string of the molecule is Cc1ccccc1C(=O)NCC(=O)NC(c1ccc2c(c1)CCCC2)c1cccs1. The Morgan fingerprint density at radius 3 is 2.57 bits per heavy atom. The van der Waals surface area contributed by atoms with Crippen molar-refractivity contribution in [3.63, 3.8) is 0 Å². The normalized spacial score (nSPS) is 13.9. The molecule has 5 heteroatoms. The number of carbonyl (C=O) groups excluding carboxylic acids is 2. The Balaban J connectivity index is 1.47. The van der Waals surface area contributed by atoms with E-state index in [1.54, 1.807) is 17.4 Å². The Bertz CT molecular complexity index is 1040. The van der Waals surface area contributed by atoms with E-state index in [-0.39, 0.29) is 24.4 Å². The molecule has 1 aliphatic rings. The summed E-state index contributed by atoms with van der Waals surface area (Å²) in [5.41, 5.74) is 5.39. The van der Waals surface area contributed by atoms with Gasteiger partial charge in [0.25, 0.3) is 5.91 Å². The van der Waals surface area contributed by atoms with Crippen molar-refractivity contribution in [3.8, 4) is 0 Å². The van der Waals surface area contributed by atoms with Crippen molar-refractivity contribution in [1.82, 2.24) is 10.6 Å².